The molecule has 0 radical (unpaired) electrons. The SMILES string of the molecule is CNc1ccc(NC)c(N=CC(C)(C)C)c1. The highest BCUT2D eigenvalue weighted by Crippen LogP contribution is 2.28. The smallest absolute Gasteiger partial charge is 0.0877 e. The zero-order valence-corrected chi connectivity index (χ0v) is 10.8. The van der Waals surface area contributed by atoms with Crippen LogP contribution in [0.3, 0.4) is 0 Å². The van der Waals surface area contributed by atoms with Crippen LogP contribution in [0, 0.1) is 5.41 Å². The second kappa shape index (κ2) is 5.01. The van der Waals surface area contributed by atoms with Gasteiger partial charge in [-0.1, -0.05) is 20.8 Å². The van der Waals surface area contributed by atoms with Crippen LogP contribution < -0.4 is 10.6 Å². The number of aliphatic imine (C=N–C) groups is 1. The third-order valence-electron chi connectivity index (χ3n) is 2.15. The summed E-state index contributed by atoms with van der Waals surface area (Å²) in [6.45, 7) is 6.41. The zero-order chi connectivity index (χ0) is 12.2. The summed E-state index contributed by atoms with van der Waals surface area (Å²) in [5, 5.41) is 6.26. The van der Waals surface area contributed by atoms with Gasteiger partial charge in [0.05, 0.1) is 11.4 Å². The van der Waals surface area contributed by atoms with Gasteiger partial charge in [0.15, 0.2) is 0 Å². The van der Waals surface area contributed by atoms with Crippen LogP contribution in [0.4, 0.5) is 17.1 Å². The third kappa shape index (κ3) is 3.57. The van der Waals surface area contributed by atoms with E-state index in [1.54, 1.807) is 0 Å². The largest absolute Gasteiger partial charge is 0.388 e. The molecule has 0 bridgehead atoms. The van der Waals surface area contributed by atoms with Crippen molar-refractivity contribution in [1.82, 2.24) is 0 Å². The van der Waals surface area contributed by atoms with Gasteiger partial charge in [0.2, 0.25) is 0 Å². The molecule has 0 unspecified atom stereocenters. The third-order valence-corrected chi connectivity index (χ3v) is 2.15. The molecule has 0 aliphatic rings. The Labute approximate surface area is 98.0 Å². The molecule has 1 aromatic rings. The van der Waals surface area contributed by atoms with Crippen molar-refractivity contribution < 1.29 is 0 Å². The van der Waals surface area contributed by atoms with Gasteiger partial charge in [0.25, 0.3) is 0 Å². The fourth-order valence-electron chi connectivity index (χ4n) is 1.27. The molecule has 3 heteroatoms. The predicted molar refractivity (Wildman–Crippen MR) is 73.1 cm³/mol. The standard InChI is InChI=1S/C13H21N3/c1-13(2,3)9-16-12-8-10(14-4)6-7-11(12)15-5/h6-9,14-15H,1-5H3. The van der Waals surface area contributed by atoms with Gasteiger partial charge < -0.3 is 10.6 Å². The van der Waals surface area contributed by atoms with E-state index in [1.807, 2.05) is 38.5 Å². The van der Waals surface area contributed by atoms with Crippen LogP contribution in [-0.2, 0) is 0 Å². The maximum absolute atomic E-state index is 4.53. The summed E-state index contributed by atoms with van der Waals surface area (Å²) in [5.41, 5.74) is 3.17. The van der Waals surface area contributed by atoms with E-state index in [0.29, 0.717) is 0 Å². The van der Waals surface area contributed by atoms with Gasteiger partial charge in [-0.3, -0.25) is 4.99 Å². The molecule has 0 aliphatic heterocycles. The maximum atomic E-state index is 4.53. The summed E-state index contributed by atoms with van der Waals surface area (Å²) < 4.78 is 0. The first-order chi connectivity index (χ1) is 7.46. The average Bonchev–Trinajstić information content (AvgIpc) is 2.25. The molecule has 3 nitrogen and oxygen atoms in total. The van der Waals surface area contributed by atoms with Crippen LogP contribution in [0.15, 0.2) is 23.2 Å². The molecular weight excluding hydrogens is 198 g/mol. The Morgan fingerprint density at radius 2 is 1.81 bits per heavy atom. The number of benzene rings is 1. The van der Waals surface area contributed by atoms with Gasteiger partial charge in [-0.2, -0.15) is 0 Å². The van der Waals surface area contributed by atoms with Crippen molar-refractivity contribution in [2.45, 2.75) is 20.8 Å². The van der Waals surface area contributed by atoms with E-state index in [4.69, 9.17) is 0 Å². The molecular formula is C13H21N3. The molecule has 0 aromatic heterocycles. The number of rotatable bonds is 3. The van der Waals surface area contributed by atoms with E-state index < -0.39 is 0 Å². The summed E-state index contributed by atoms with van der Waals surface area (Å²) >= 11 is 0. The summed E-state index contributed by atoms with van der Waals surface area (Å²) in [6.07, 6.45) is 1.97. The molecule has 0 heterocycles. The van der Waals surface area contributed by atoms with Gasteiger partial charge in [0, 0.05) is 26.0 Å². The molecule has 88 valence electrons. The minimum absolute atomic E-state index is 0.0979. The Kier molecular flexibility index (Phi) is 3.93. The second-order valence-electron chi connectivity index (χ2n) is 4.86. The number of hydrogen-bond donors (Lipinski definition) is 2. The fourth-order valence-corrected chi connectivity index (χ4v) is 1.27. The molecule has 1 rings (SSSR count). The lowest BCUT2D eigenvalue weighted by molar-refractivity contribution is 0.607. The van der Waals surface area contributed by atoms with Crippen molar-refractivity contribution in [3.05, 3.63) is 18.2 Å². The summed E-state index contributed by atoms with van der Waals surface area (Å²) in [6, 6.07) is 6.09. The molecule has 0 amide bonds. The van der Waals surface area contributed by atoms with Crippen molar-refractivity contribution in [3.8, 4) is 0 Å². The van der Waals surface area contributed by atoms with Gasteiger partial charge in [-0.15, -0.1) is 0 Å². The highest BCUT2D eigenvalue weighted by molar-refractivity contribution is 5.77. The topological polar surface area (TPSA) is 36.4 Å². The minimum Gasteiger partial charge on any atom is -0.388 e. The lowest BCUT2D eigenvalue weighted by Crippen LogP contribution is -2.05. The highest BCUT2D eigenvalue weighted by atomic mass is 14.9. The monoisotopic (exact) mass is 219 g/mol. The highest BCUT2D eigenvalue weighted by Gasteiger charge is 2.06. The maximum Gasteiger partial charge on any atom is 0.0877 e. The molecule has 0 atom stereocenters. The van der Waals surface area contributed by atoms with Crippen molar-refractivity contribution in [2.24, 2.45) is 10.4 Å². The van der Waals surface area contributed by atoms with Gasteiger partial charge in [-0.05, 0) is 23.6 Å². The summed E-state index contributed by atoms with van der Waals surface area (Å²) in [5.74, 6) is 0. The molecule has 0 saturated carbocycles. The summed E-state index contributed by atoms with van der Waals surface area (Å²) in [4.78, 5) is 4.53. The minimum atomic E-state index is 0.0979. The van der Waals surface area contributed by atoms with Crippen LogP contribution in [0.25, 0.3) is 0 Å². The fraction of sp³-hybridized carbons (Fsp3) is 0.462. The first-order valence-electron chi connectivity index (χ1n) is 5.51. The Balaban J connectivity index is 3.05. The zero-order valence-electron chi connectivity index (χ0n) is 10.8. The van der Waals surface area contributed by atoms with Crippen molar-refractivity contribution >= 4 is 23.3 Å². The number of nitrogens with zero attached hydrogens (tertiary/aromatic N) is 1. The first-order valence-corrected chi connectivity index (χ1v) is 5.51. The van der Waals surface area contributed by atoms with Crippen molar-refractivity contribution in [2.75, 3.05) is 24.7 Å². The molecule has 2 N–H and O–H groups in total. The van der Waals surface area contributed by atoms with Gasteiger partial charge in [-0.25, -0.2) is 0 Å². The lowest BCUT2D eigenvalue weighted by Gasteiger charge is -2.12. The van der Waals surface area contributed by atoms with Crippen molar-refractivity contribution in [3.63, 3.8) is 0 Å². The van der Waals surface area contributed by atoms with Crippen LogP contribution >= 0.6 is 0 Å². The van der Waals surface area contributed by atoms with Gasteiger partial charge in [0.1, 0.15) is 0 Å². The Morgan fingerprint density at radius 1 is 1.12 bits per heavy atom. The first kappa shape index (κ1) is 12.6. The Bertz CT molecular complexity index is 375. The number of hydrogen-bond acceptors (Lipinski definition) is 3. The molecule has 1 aromatic carbocycles. The van der Waals surface area contributed by atoms with Crippen molar-refractivity contribution in [1.29, 1.82) is 0 Å². The number of anilines is 2. The van der Waals surface area contributed by atoms with E-state index in [1.165, 1.54) is 0 Å². The molecule has 0 saturated heterocycles. The second-order valence-corrected chi connectivity index (χ2v) is 4.86. The number of nitrogens with one attached hydrogen (secondary N) is 2. The molecule has 0 fully saturated rings. The lowest BCUT2D eigenvalue weighted by atomic mass is 9.99. The average molecular weight is 219 g/mol. The predicted octanol–water partition coefficient (Wildman–Crippen LogP) is 3.52. The van der Waals surface area contributed by atoms with E-state index >= 15 is 0 Å². The van der Waals surface area contributed by atoms with Crippen LogP contribution in [0.1, 0.15) is 20.8 Å². The summed E-state index contributed by atoms with van der Waals surface area (Å²) in [7, 11) is 3.82. The Hall–Kier alpha value is -1.51. The molecule has 0 spiro atoms. The molecule has 0 aliphatic carbocycles. The normalized spacial score (nSPS) is 11.8. The van der Waals surface area contributed by atoms with E-state index in [2.05, 4.69) is 36.4 Å². The van der Waals surface area contributed by atoms with E-state index in [-0.39, 0.29) is 5.41 Å². The van der Waals surface area contributed by atoms with Crippen LogP contribution in [0.5, 0.6) is 0 Å². The van der Waals surface area contributed by atoms with Crippen LogP contribution in [0.2, 0.25) is 0 Å². The van der Waals surface area contributed by atoms with Gasteiger partial charge >= 0.3 is 0 Å². The quantitative estimate of drug-likeness (QED) is 0.763. The van der Waals surface area contributed by atoms with Crippen LogP contribution in [-0.4, -0.2) is 20.3 Å². The molecule has 16 heavy (non-hydrogen) atoms. The van der Waals surface area contributed by atoms with E-state index in [9.17, 15) is 0 Å². The van der Waals surface area contributed by atoms with E-state index in [0.717, 1.165) is 17.1 Å². The Morgan fingerprint density at radius 3 is 2.31 bits per heavy atom.